The minimum atomic E-state index is -3.61. The number of carbonyl (C=O) groups is 2. The zero-order chi connectivity index (χ0) is 22.2. The molecule has 2 N–H and O–H groups in total. The number of fused-ring (bicyclic) bond motifs is 1. The van der Waals surface area contributed by atoms with Crippen LogP contribution in [0.1, 0.15) is 17.3 Å². The zero-order valence-electron chi connectivity index (χ0n) is 16.2. The molecule has 0 aliphatic carbocycles. The predicted molar refractivity (Wildman–Crippen MR) is 101 cm³/mol. The first-order valence-electron chi connectivity index (χ1n) is 8.74. The van der Waals surface area contributed by atoms with E-state index in [0.29, 0.717) is 0 Å². The van der Waals surface area contributed by atoms with E-state index in [-0.39, 0.29) is 35.4 Å². The number of benzene rings is 1. The summed E-state index contributed by atoms with van der Waals surface area (Å²) in [7, 11) is 2.47. The maximum atomic E-state index is 14.2. The van der Waals surface area contributed by atoms with Crippen LogP contribution in [0.5, 0.6) is 5.75 Å². The molecule has 0 saturated heterocycles. The molecule has 0 bridgehead atoms. The summed E-state index contributed by atoms with van der Waals surface area (Å²) in [6.45, 7) is 0.917. The zero-order valence-corrected chi connectivity index (χ0v) is 16.2. The summed E-state index contributed by atoms with van der Waals surface area (Å²) in [5.41, 5.74) is -0.463. The van der Waals surface area contributed by atoms with Crippen molar-refractivity contribution < 1.29 is 32.6 Å². The number of anilines is 4. The van der Waals surface area contributed by atoms with Gasteiger partial charge in [0.1, 0.15) is 17.3 Å². The number of carboxylic acids is 1. The number of nitrogens with one attached hydrogen (secondary N) is 1. The molecule has 1 aliphatic rings. The van der Waals surface area contributed by atoms with Crippen LogP contribution in [-0.4, -0.2) is 60.1 Å². The second-order valence-electron chi connectivity index (χ2n) is 6.45. The predicted octanol–water partition coefficient (Wildman–Crippen LogP) is 2.50. The van der Waals surface area contributed by atoms with Gasteiger partial charge in [0.05, 0.1) is 31.1 Å². The molecule has 1 amide bonds. The lowest BCUT2D eigenvalue weighted by Crippen LogP contribution is -2.46. The van der Waals surface area contributed by atoms with Gasteiger partial charge in [-0.3, -0.25) is 4.79 Å². The lowest BCUT2D eigenvalue weighted by atomic mass is 10.1. The fourth-order valence-corrected chi connectivity index (χ4v) is 3.00. The number of methoxy groups -OCH3 is 1. The largest absolute Gasteiger partial charge is 0.495 e. The number of carbonyl (C=O) groups excluding carboxylic acids is 1. The van der Waals surface area contributed by atoms with Crippen LogP contribution in [0.25, 0.3) is 0 Å². The summed E-state index contributed by atoms with van der Waals surface area (Å²) in [5, 5.41) is 11.7. The summed E-state index contributed by atoms with van der Waals surface area (Å²) >= 11 is 0. The number of aromatic nitrogens is 2. The Morgan fingerprint density at radius 1 is 1.40 bits per heavy atom. The van der Waals surface area contributed by atoms with Crippen LogP contribution in [0.4, 0.5) is 36.3 Å². The fraction of sp³-hybridized carbons (Fsp3) is 0.333. The quantitative estimate of drug-likeness (QED) is 0.753. The lowest BCUT2D eigenvalue weighted by Gasteiger charge is -2.23. The van der Waals surface area contributed by atoms with E-state index in [9.17, 15) is 22.8 Å². The molecule has 0 radical (unpaired) electrons. The number of hydrogen-bond acceptors (Lipinski definition) is 7. The van der Waals surface area contributed by atoms with Crippen LogP contribution in [0, 0.1) is 5.82 Å². The van der Waals surface area contributed by atoms with Crippen LogP contribution in [0.3, 0.4) is 0 Å². The van der Waals surface area contributed by atoms with Gasteiger partial charge in [0, 0.05) is 19.7 Å². The molecule has 2 heterocycles. The lowest BCUT2D eigenvalue weighted by molar-refractivity contribution is -0.140. The average molecular weight is 425 g/mol. The van der Waals surface area contributed by atoms with Gasteiger partial charge in [-0.25, -0.2) is 14.2 Å². The van der Waals surface area contributed by atoms with Crippen LogP contribution < -0.4 is 19.9 Å². The number of ether oxygens (including phenoxy) is 1. The van der Waals surface area contributed by atoms with Crippen molar-refractivity contribution in [1.82, 2.24) is 9.97 Å². The van der Waals surface area contributed by atoms with Crippen molar-refractivity contribution in [2.24, 2.45) is 0 Å². The van der Waals surface area contributed by atoms with E-state index in [0.717, 1.165) is 17.0 Å². The van der Waals surface area contributed by atoms with Gasteiger partial charge >= 0.3 is 11.9 Å². The highest BCUT2D eigenvalue weighted by Crippen LogP contribution is 2.36. The van der Waals surface area contributed by atoms with E-state index in [4.69, 9.17) is 9.84 Å². The van der Waals surface area contributed by atoms with Crippen molar-refractivity contribution in [3.8, 4) is 5.75 Å². The minimum absolute atomic E-state index is 0.0125. The van der Waals surface area contributed by atoms with Gasteiger partial charge in [-0.1, -0.05) is 0 Å². The molecule has 1 aromatic heterocycles. The molecule has 1 aliphatic heterocycles. The smallest absolute Gasteiger partial charge is 0.342 e. The van der Waals surface area contributed by atoms with Gasteiger partial charge in [0.15, 0.2) is 5.82 Å². The summed E-state index contributed by atoms with van der Waals surface area (Å²) in [5.74, 6) is -7.45. The number of carboxylic acid groups (broad SMARTS) is 1. The Kier molecular flexibility index (Phi) is 5.42. The second kappa shape index (κ2) is 7.69. The summed E-state index contributed by atoms with van der Waals surface area (Å²) in [6, 6.07) is 1.90. The average Bonchev–Trinajstić information content (AvgIpc) is 2.77. The van der Waals surface area contributed by atoms with E-state index in [2.05, 4.69) is 15.3 Å². The molecule has 160 valence electrons. The van der Waals surface area contributed by atoms with Crippen molar-refractivity contribution >= 4 is 35.0 Å². The molecule has 3 rings (SSSR count). The number of rotatable bonds is 5. The minimum Gasteiger partial charge on any atom is -0.495 e. The molecular formula is C18H18F3N5O4. The standard InChI is InChI=1S/C18H18F3N5O4/c1-4-26-8-18(20,21)16(29)25(2)12-7-22-17(24-14(12)26)23-11-6-10(19)9(15(27)28)5-13(11)30-3/h5-7H,4,8H2,1-3H3,(H,27,28)(H,22,23,24). The number of aromatic carboxylic acids is 1. The Hall–Kier alpha value is -3.57. The Labute approximate surface area is 169 Å². The highest BCUT2D eigenvalue weighted by molar-refractivity contribution is 6.02. The van der Waals surface area contributed by atoms with Crippen LogP contribution in [0.15, 0.2) is 18.3 Å². The summed E-state index contributed by atoms with van der Waals surface area (Å²) < 4.78 is 47.6. The van der Waals surface area contributed by atoms with Crippen LogP contribution >= 0.6 is 0 Å². The first-order chi connectivity index (χ1) is 14.1. The Balaban J connectivity index is 2.03. The Morgan fingerprint density at radius 3 is 2.70 bits per heavy atom. The molecule has 0 atom stereocenters. The first-order valence-corrected chi connectivity index (χ1v) is 8.74. The van der Waals surface area contributed by atoms with Crippen molar-refractivity contribution in [3.63, 3.8) is 0 Å². The van der Waals surface area contributed by atoms with Gasteiger partial charge in [-0.05, 0) is 13.0 Å². The van der Waals surface area contributed by atoms with E-state index in [1.165, 1.54) is 25.3 Å². The van der Waals surface area contributed by atoms with E-state index >= 15 is 0 Å². The number of halogens is 3. The SMILES string of the molecule is CCN1CC(F)(F)C(=O)N(C)c2cnc(Nc3cc(F)c(C(=O)O)cc3OC)nc21. The maximum absolute atomic E-state index is 14.2. The van der Waals surface area contributed by atoms with Crippen molar-refractivity contribution in [1.29, 1.82) is 0 Å². The van der Waals surface area contributed by atoms with E-state index in [1.54, 1.807) is 6.92 Å². The van der Waals surface area contributed by atoms with Gasteiger partial charge in [0.2, 0.25) is 5.95 Å². The first kappa shape index (κ1) is 21.1. The molecule has 2 aromatic rings. The normalized spacial score (nSPS) is 15.5. The van der Waals surface area contributed by atoms with Crippen LogP contribution in [-0.2, 0) is 4.79 Å². The van der Waals surface area contributed by atoms with Gasteiger partial charge in [-0.15, -0.1) is 0 Å². The van der Waals surface area contributed by atoms with Crippen molar-refractivity contribution in [2.75, 3.05) is 42.4 Å². The molecule has 0 fully saturated rings. The van der Waals surface area contributed by atoms with Crippen LogP contribution in [0.2, 0.25) is 0 Å². The summed E-state index contributed by atoms with van der Waals surface area (Å²) in [4.78, 5) is 33.4. The molecule has 0 saturated carbocycles. The molecule has 1 aromatic carbocycles. The second-order valence-corrected chi connectivity index (χ2v) is 6.45. The molecule has 12 heteroatoms. The number of amides is 1. The fourth-order valence-electron chi connectivity index (χ4n) is 3.00. The molecule has 0 spiro atoms. The third-order valence-corrected chi connectivity index (χ3v) is 4.57. The number of hydrogen-bond donors (Lipinski definition) is 2. The Morgan fingerprint density at radius 2 is 2.10 bits per heavy atom. The third-order valence-electron chi connectivity index (χ3n) is 4.57. The van der Waals surface area contributed by atoms with Crippen molar-refractivity contribution in [2.45, 2.75) is 12.8 Å². The van der Waals surface area contributed by atoms with Gasteiger partial charge in [-0.2, -0.15) is 13.8 Å². The maximum Gasteiger partial charge on any atom is 0.342 e. The topological polar surface area (TPSA) is 108 Å². The monoisotopic (exact) mass is 425 g/mol. The number of nitrogens with zero attached hydrogens (tertiary/aromatic N) is 4. The van der Waals surface area contributed by atoms with Crippen molar-refractivity contribution in [3.05, 3.63) is 29.7 Å². The van der Waals surface area contributed by atoms with Gasteiger partial charge < -0.3 is 25.0 Å². The Bertz CT molecular complexity index is 1020. The van der Waals surface area contributed by atoms with E-state index in [1.807, 2.05) is 0 Å². The molecule has 0 unspecified atom stereocenters. The molecule has 30 heavy (non-hydrogen) atoms. The molecular weight excluding hydrogens is 407 g/mol. The number of alkyl halides is 2. The van der Waals surface area contributed by atoms with E-state index < -0.39 is 35.7 Å². The highest BCUT2D eigenvalue weighted by Gasteiger charge is 2.46. The third kappa shape index (κ3) is 3.67. The molecule has 9 nitrogen and oxygen atoms in total. The van der Waals surface area contributed by atoms with Gasteiger partial charge in [0.25, 0.3) is 5.91 Å². The highest BCUT2D eigenvalue weighted by atomic mass is 19.3. The summed E-state index contributed by atoms with van der Waals surface area (Å²) in [6.07, 6.45) is 1.20.